The average Bonchev–Trinajstić information content (AvgIpc) is 2.63. The van der Waals surface area contributed by atoms with E-state index in [1.54, 1.807) is 31.3 Å². The molecule has 0 saturated carbocycles. The zero-order valence-electron chi connectivity index (χ0n) is 14.8. The van der Waals surface area contributed by atoms with Crippen molar-refractivity contribution in [2.24, 2.45) is 4.99 Å². The summed E-state index contributed by atoms with van der Waals surface area (Å²) in [5.74, 6) is 0.616. The number of hydrogen-bond donors (Lipinski definition) is 2. The van der Waals surface area contributed by atoms with E-state index in [1.807, 2.05) is 0 Å². The van der Waals surface area contributed by atoms with Gasteiger partial charge in [0.05, 0.1) is 7.11 Å². The lowest BCUT2D eigenvalue weighted by molar-refractivity contribution is -0.0504. The molecule has 0 amide bonds. The zero-order chi connectivity index (χ0) is 18.9. The lowest BCUT2D eigenvalue weighted by atomic mass is 10.2. The first-order chi connectivity index (χ1) is 12.5. The number of rotatable bonds is 7. The molecule has 2 rings (SSSR count). The maximum Gasteiger partial charge on any atom is 0.387 e. The second-order valence-electron chi connectivity index (χ2n) is 5.22. The Balaban J connectivity index is 0.00000364. The van der Waals surface area contributed by atoms with Crippen molar-refractivity contribution in [3.63, 3.8) is 0 Å². The molecule has 0 atom stereocenters. The minimum absolute atomic E-state index is 0. The molecule has 2 aromatic rings. The fourth-order valence-corrected chi connectivity index (χ4v) is 2.25. The number of methoxy groups -OCH3 is 1. The Hall–Kier alpha value is -2.17. The number of benzene rings is 2. The molecule has 0 bridgehead atoms. The minimum Gasteiger partial charge on any atom is -0.497 e. The SMILES string of the molecule is CN=C(NCc1ccccc1F)NCc1cc(OC)ccc1OC(F)F.I. The highest BCUT2D eigenvalue weighted by molar-refractivity contribution is 14.0. The molecule has 0 heterocycles. The maximum atomic E-state index is 13.7. The van der Waals surface area contributed by atoms with Gasteiger partial charge in [0.2, 0.25) is 0 Å². The van der Waals surface area contributed by atoms with Gasteiger partial charge in [0.25, 0.3) is 0 Å². The third kappa shape index (κ3) is 7.16. The Labute approximate surface area is 173 Å². The number of nitrogens with one attached hydrogen (secondary N) is 2. The summed E-state index contributed by atoms with van der Waals surface area (Å²) in [7, 11) is 3.04. The maximum absolute atomic E-state index is 13.7. The summed E-state index contributed by atoms with van der Waals surface area (Å²) in [6, 6.07) is 10.9. The van der Waals surface area contributed by atoms with Crippen molar-refractivity contribution in [1.29, 1.82) is 0 Å². The number of aliphatic imine (C=N–C) groups is 1. The van der Waals surface area contributed by atoms with Gasteiger partial charge in [-0.1, -0.05) is 18.2 Å². The third-order valence-corrected chi connectivity index (χ3v) is 3.56. The Morgan fingerprint density at radius 2 is 1.74 bits per heavy atom. The Morgan fingerprint density at radius 3 is 2.33 bits per heavy atom. The molecule has 0 aliphatic rings. The van der Waals surface area contributed by atoms with E-state index in [-0.39, 0.29) is 48.6 Å². The molecule has 0 saturated heterocycles. The van der Waals surface area contributed by atoms with Crippen molar-refractivity contribution in [3.8, 4) is 11.5 Å². The molecule has 2 aromatic carbocycles. The predicted molar refractivity (Wildman–Crippen MR) is 108 cm³/mol. The smallest absolute Gasteiger partial charge is 0.387 e. The number of alkyl halides is 2. The molecule has 2 N–H and O–H groups in total. The number of halogens is 4. The van der Waals surface area contributed by atoms with Gasteiger partial charge >= 0.3 is 6.61 Å². The van der Waals surface area contributed by atoms with Crippen LogP contribution in [0, 0.1) is 5.82 Å². The highest BCUT2D eigenvalue weighted by atomic mass is 127. The fourth-order valence-electron chi connectivity index (χ4n) is 2.25. The number of guanidine groups is 1. The van der Waals surface area contributed by atoms with E-state index in [0.29, 0.717) is 22.8 Å². The van der Waals surface area contributed by atoms with E-state index >= 15 is 0 Å². The van der Waals surface area contributed by atoms with Gasteiger partial charge in [-0.2, -0.15) is 8.78 Å². The Bertz CT molecular complexity index is 760. The van der Waals surface area contributed by atoms with E-state index in [0.717, 1.165) is 0 Å². The van der Waals surface area contributed by atoms with Crippen LogP contribution < -0.4 is 20.1 Å². The fraction of sp³-hybridized carbons (Fsp3) is 0.278. The van der Waals surface area contributed by atoms with Crippen LogP contribution in [0.25, 0.3) is 0 Å². The van der Waals surface area contributed by atoms with Gasteiger partial charge in [0, 0.05) is 31.3 Å². The Kier molecular flexibility index (Phi) is 9.76. The largest absolute Gasteiger partial charge is 0.497 e. The van der Waals surface area contributed by atoms with Crippen LogP contribution in [0.4, 0.5) is 13.2 Å². The van der Waals surface area contributed by atoms with Crippen LogP contribution in [0.3, 0.4) is 0 Å². The van der Waals surface area contributed by atoms with Crippen molar-refractivity contribution in [2.45, 2.75) is 19.7 Å². The summed E-state index contributed by atoms with van der Waals surface area (Å²) < 4.78 is 48.4. The molecule has 0 aromatic heterocycles. The standard InChI is InChI=1S/C18H20F3N3O2.HI/c1-22-18(23-10-12-5-3-4-6-15(12)19)24-11-13-9-14(25-2)7-8-16(13)26-17(20)21;/h3-9,17H,10-11H2,1-2H3,(H2,22,23,24);1H. The molecule has 27 heavy (non-hydrogen) atoms. The molecule has 9 heteroatoms. The first-order valence-electron chi connectivity index (χ1n) is 7.83. The van der Waals surface area contributed by atoms with Crippen molar-refractivity contribution < 1.29 is 22.6 Å². The summed E-state index contributed by atoms with van der Waals surface area (Å²) in [6.45, 7) is -2.54. The molecule has 0 spiro atoms. The van der Waals surface area contributed by atoms with E-state index in [9.17, 15) is 13.2 Å². The first kappa shape index (κ1) is 22.9. The summed E-state index contributed by atoms with van der Waals surface area (Å²) >= 11 is 0. The van der Waals surface area contributed by atoms with E-state index in [4.69, 9.17) is 4.74 Å². The van der Waals surface area contributed by atoms with Gasteiger partial charge in [-0.05, 0) is 24.3 Å². The minimum atomic E-state index is -2.93. The van der Waals surface area contributed by atoms with Crippen LogP contribution in [-0.2, 0) is 13.1 Å². The number of ether oxygens (including phenoxy) is 2. The van der Waals surface area contributed by atoms with Crippen molar-refractivity contribution in [3.05, 3.63) is 59.4 Å². The normalized spacial score (nSPS) is 11.0. The molecular weight excluding hydrogens is 474 g/mol. The molecule has 5 nitrogen and oxygen atoms in total. The van der Waals surface area contributed by atoms with Gasteiger partial charge in [0.15, 0.2) is 5.96 Å². The van der Waals surface area contributed by atoms with Crippen molar-refractivity contribution >= 4 is 29.9 Å². The monoisotopic (exact) mass is 495 g/mol. The average molecular weight is 495 g/mol. The molecule has 0 radical (unpaired) electrons. The van der Waals surface area contributed by atoms with Gasteiger partial charge in [-0.3, -0.25) is 4.99 Å². The molecule has 0 aliphatic heterocycles. The number of nitrogens with zero attached hydrogens (tertiary/aromatic N) is 1. The van der Waals surface area contributed by atoms with Crippen LogP contribution in [0.15, 0.2) is 47.5 Å². The van der Waals surface area contributed by atoms with Crippen molar-refractivity contribution in [2.75, 3.05) is 14.2 Å². The van der Waals surface area contributed by atoms with Gasteiger partial charge in [-0.25, -0.2) is 4.39 Å². The molecule has 0 unspecified atom stereocenters. The highest BCUT2D eigenvalue weighted by Crippen LogP contribution is 2.25. The third-order valence-electron chi connectivity index (χ3n) is 3.56. The highest BCUT2D eigenvalue weighted by Gasteiger charge is 2.12. The van der Waals surface area contributed by atoms with Crippen LogP contribution in [-0.4, -0.2) is 26.7 Å². The van der Waals surface area contributed by atoms with Crippen molar-refractivity contribution in [1.82, 2.24) is 10.6 Å². The van der Waals surface area contributed by atoms with E-state index < -0.39 is 6.61 Å². The van der Waals surface area contributed by atoms with Gasteiger partial charge in [-0.15, -0.1) is 24.0 Å². The van der Waals surface area contributed by atoms with Crippen LogP contribution in [0.5, 0.6) is 11.5 Å². The van der Waals surface area contributed by atoms with Gasteiger partial charge in [0.1, 0.15) is 17.3 Å². The first-order valence-corrected chi connectivity index (χ1v) is 7.83. The predicted octanol–water partition coefficient (Wildman–Crippen LogP) is 3.92. The number of hydrogen-bond acceptors (Lipinski definition) is 3. The second-order valence-corrected chi connectivity index (χ2v) is 5.22. The van der Waals surface area contributed by atoms with Crippen LogP contribution >= 0.6 is 24.0 Å². The Morgan fingerprint density at radius 1 is 1.07 bits per heavy atom. The summed E-state index contributed by atoms with van der Waals surface area (Å²) in [6.07, 6.45) is 0. The van der Waals surface area contributed by atoms with Crippen LogP contribution in [0.2, 0.25) is 0 Å². The van der Waals surface area contributed by atoms with E-state index in [1.165, 1.54) is 25.3 Å². The van der Waals surface area contributed by atoms with Crippen LogP contribution in [0.1, 0.15) is 11.1 Å². The molecule has 0 fully saturated rings. The quantitative estimate of drug-likeness (QED) is 0.348. The molecule has 148 valence electrons. The topological polar surface area (TPSA) is 54.9 Å². The summed E-state index contributed by atoms with van der Waals surface area (Å²) in [5, 5.41) is 5.94. The van der Waals surface area contributed by atoms with E-state index in [2.05, 4.69) is 20.4 Å². The summed E-state index contributed by atoms with van der Waals surface area (Å²) in [4.78, 5) is 4.03. The second kappa shape index (κ2) is 11.5. The molecule has 0 aliphatic carbocycles. The summed E-state index contributed by atoms with van der Waals surface area (Å²) in [5.41, 5.74) is 0.956. The molecular formula is C18H21F3IN3O2. The zero-order valence-corrected chi connectivity index (χ0v) is 17.2. The van der Waals surface area contributed by atoms with Gasteiger partial charge < -0.3 is 20.1 Å². The lowest BCUT2D eigenvalue weighted by Crippen LogP contribution is -2.36. The lowest BCUT2D eigenvalue weighted by Gasteiger charge is -2.15.